The molecule has 4 nitrogen and oxygen atoms in total. The summed E-state index contributed by atoms with van der Waals surface area (Å²) < 4.78 is 40.4. The van der Waals surface area contributed by atoms with E-state index in [-0.39, 0.29) is 16.9 Å². The molecule has 1 unspecified atom stereocenters. The zero-order chi connectivity index (χ0) is 14.9. The van der Waals surface area contributed by atoms with Gasteiger partial charge in [-0.05, 0) is 30.9 Å². The first-order chi connectivity index (χ1) is 9.39. The van der Waals surface area contributed by atoms with Gasteiger partial charge in [-0.1, -0.05) is 19.9 Å². The number of hydrogen-bond donors (Lipinski definition) is 0. The van der Waals surface area contributed by atoms with Crippen LogP contribution in [0.3, 0.4) is 0 Å². The molecular formula is C14H17FN2O2S. The molecule has 0 aliphatic carbocycles. The van der Waals surface area contributed by atoms with Crippen LogP contribution in [0.15, 0.2) is 23.1 Å². The molecule has 1 saturated heterocycles. The first-order valence-electron chi connectivity index (χ1n) is 6.60. The number of sulfonamides is 1. The lowest BCUT2D eigenvalue weighted by atomic mass is 10.0. The van der Waals surface area contributed by atoms with Gasteiger partial charge >= 0.3 is 0 Å². The molecule has 0 radical (unpaired) electrons. The van der Waals surface area contributed by atoms with Crippen LogP contribution in [-0.2, 0) is 10.0 Å². The average molecular weight is 296 g/mol. The number of rotatable bonds is 3. The van der Waals surface area contributed by atoms with Crippen LogP contribution >= 0.6 is 0 Å². The van der Waals surface area contributed by atoms with Gasteiger partial charge in [0, 0.05) is 12.6 Å². The minimum Gasteiger partial charge on any atom is -0.207 e. The molecular weight excluding hydrogens is 279 g/mol. The molecule has 6 heteroatoms. The van der Waals surface area contributed by atoms with Crippen molar-refractivity contribution in [1.82, 2.24) is 4.31 Å². The van der Waals surface area contributed by atoms with Gasteiger partial charge in [-0.3, -0.25) is 0 Å². The molecule has 1 aliphatic rings. The third-order valence-corrected chi connectivity index (χ3v) is 5.66. The maximum absolute atomic E-state index is 13.6. The van der Waals surface area contributed by atoms with Crippen molar-refractivity contribution in [3.8, 4) is 6.07 Å². The Morgan fingerprint density at radius 3 is 2.75 bits per heavy atom. The quantitative estimate of drug-likeness (QED) is 0.861. The Labute approximate surface area is 118 Å². The normalized spacial score (nSPS) is 20.2. The second-order valence-electron chi connectivity index (χ2n) is 5.29. The summed E-state index contributed by atoms with van der Waals surface area (Å²) in [6.07, 6.45) is 1.59. The van der Waals surface area contributed by atoms with Gasteiger partial charge in [-0.2, -0.15) is 9.57 Å². The standard InChI is InChI=1S/C14H17FN2O2S/c1-10(2)13-6-4-8-17(13)20(18,19)14-7-3-5-12(15)11(14)9-16/h3,5,7,10,13H,4,6,8H2,1-2H3. The highest BCUT2D eigenvalue weighted by atomic mass is 32.2. The summed E-state index contributed by atoms with van der Waals surface area (Å²) in [5.74, 6) is -0.611. The van der Waals surface area contributed by atoms with Crippen LogP contribution in [0.2, 0.25) is 0 Å². The zero-order valence-electron chi connectivity index (χ0n) is 11.5. The molecule has 1 fully saturated rings. The van der Waals surface area contributed by atoms with E-state index in [1.165, 1.54) is 16.4 Å². The van der Waals surface area contributed by atoms with E-state index in [9.17, 15) is 12.8 Å². The van der Waals surface area contributed by atoms with Crippen LogP contribution < -0.4 is 0 Å². The fourth-order valence-electron chi connectivity index (χ4n) is 2.68. The molecule has 1 aliphatic heterocycles. The van der Waals surface area contributed by atoms with Gasteiger partial charge in [-0.25, -0.2) is 12.8 Å². The van der Waals surface area contributed by atoms with Crippen molar-refractivity contribution in [2.75, 3.05) is 6.54 Å². The second kappa shape index (κ2) is 5.51. The molecule has 0 bridgehead atoms. The molecule has 2 rings (SSSR count). The zero-order valence-corrected chi connectivity index (χ0v) is 12.3. The summed E-state index contributed by atoms with van der Waals surface area (Å²) in [4.78, 5) is -0.229. The summed E-state index contributed by atoms with van der Waals surface area (Å²) in [5, 5.41) is 9.01. The van der Waals surface area contributed by atoms with Crippen molar-refractivity contribution in [3.05, 3.63) is 29.6 Å². The van der Waals surface area contributed by atoms with Crippen molar-refractivity contribution in [2.24, 2.45) is 5.92 Å². The molecule has 108 valence electrons. The SMILES string of the molecule is CC(C)C1CCCN1S(=O)(=O)c1cccc(F)c1C#N. The fourth-order valence-corrected chi connectivity index (χ4v) is 4.66. The summed E-state index contributed by atoms with van der Waals surface area (Å²) in [5.41, 5.74) is -0.401. The number of nitrogens with zero attached hydrogens (tertiary/aromatic N) is 2. The first-order valence-corrected chi connectivity index (χ1v) is 8.04. The Bertz CT molecular complexity index is 650. The lowest BCUT2D eigenvalue weighted by molar-refractivity contribution is 0.315. The number of hydrogen-bond acceptors (Lipinski definition) is 3. The molecule has 0 aromatic heterocycles. The summed E-state index contributed by atoms with van der Waals surface area (Å²) >= 11 is 0. The molecule has 0 amide bonds. The Hall–Kier alpha value is -1.45. The van der Waals surface area contributed by atoms with Gasteiger partial charge in [0.1, 0.15) is 22.3 Å². The van der Waals surface area contributed by atoms with Crippen LogP contribution in [0.4, 0.5) is 4.39 Å². The summed E-state index contributed by atoms with van der Waals surface area (Å²) in [7, 11) is -3.83. The predicted molar refractivity (Wildman–Crippen MR) is 72.9 cm³/mol. The van der Waals surface area contributed by atoms with Crippen LogP contribution in [0, 0.1) is 23.1 Å². The maximum Gasteiger partial charge on any atom is 0.244 e. The van der Waals surface area contributed by atoms with Crippen LogP contribution in [0.1, 0.15) is 32.3 Å². The van der Waals surface area contributed by atoms with Crippen molar-refractivity contribution < 1.29 is 12.8 Å². The van der Waals surface area contributed by atoms with Crippen molar-refractivity contribution >= 4 is 10.0 Å². The number of nitriles is 1. The lowest BCUT2D eigenvalue weighted by Crippen LogP contribution is -2.38. The monoisotopic (exact) mass is 296 g/mol. The first kappa shape index (κ1) is 14.9. The minimum atomic E-state index is -3.83. The van der Waals surface area contributed by atoms with Crippen molar-refractivity contribution in [1.29, 1.82) is 5.26 Å². The number of halogens is 1. The van der Waals surface area contributed by atoms with Gasteiger partial charge in [0.05, 0.1) is 0 Å². The molecule has 0 N–H and O–H groups in total. The number of benzene rings is 1. The van der Waals surface area contributed by atoms with Crippen LogP contribution in [0.25, 0.3) is 0 Å². The van der Waals surface area contributed by atoms with Crippen molar-refractivity contribution in [3.63, 3.8) is 0 Å². The second-order valence-corrected chi connectivity index (χ2v) is 7.15. The minimum absolute atomic E-state index is 0.0881. The molecule has 1 aromatic carbocycles. The maximum atomic E-state index is 13.6. The lowest BCUT2D eigenvalue weighted by Gasteiger charge is -2.27. The molecule has 1 heterocycles. The Morgan fingerprint density at radius 1 is 1.45 bits per heavy atom. The van der Waals surface area contributed by atoms with E-state index in [1.807, 2.05) is 13.8 Å². The van der Waals surface area contributed by atoms with E-state index < -0.39 is 21.4 Å². The van der Waals surface area contributed by atoms with Gasteiger partial charge in [-0.15, -0.1) is 0 Å². The molecule has 1 atom stereocenters. The van der Waals surface area contributed by atoms with E-state index in [2.05, 4.69) is 0 Å². The highest BCUT2D eigenvalue weighted by Gasteiger charge is 2.38. The van der Waals surface area contributed by atoms with E-state index >= 15 is 0 Å². The van der Waals surface area contributed by atoms with E-state index in [0.717, 1.165) is 18.9 Å². The molecule has 1 aromatic rings. The highest BCUT2D eigenvalue weighted by Crippen LogP contribution is 2.31. The van der Waals surface area contributed by atoms with E-state index in [0.29, 0.717) is 6.54 Å². The van der Waals surface area contributed by atoms with Crippen LogP contribution in [-0.4, -0.2) is 25.3 Å². The Morgan fingerprint density at radius 2 is 2.15 bits per heavy atom. The molecule has 0 spiro atoms. The van der Waals surface area contributed by atoms with Gasteiger partial charge in [0.25, 0.3) is 0 Å². The van der Waals surface area contributed by atoms with Crippen molar-refractivity contribution in [2.45, 2.75) is 37.6 Å². The van der Waals surface area contributed by atoms with Gasteiger partial charge < -0.3 is 0 Å². The molecule has 20 heavy (non-hydrogen) atoms. The smallest absolute Gasteiger partial charge is 0.207 e. The van der Waals surface area contributed by atoms with Crippen LogP contribution in [0.5, 0.6) is 0 Å². The topological polar surface area (TPSA) is 61.2 Å². The average Bonchev–Trinajstić information content (AvgIpc) is 2.88. The fraction of sp³-hybridized carbons (Fsp3) is 0.500. The third kappa shape index (κ3) is 2.43. The summed E-state index contributed by atoms with van der Waals surface area (Å²) in [6.45, 7) is 4.36. The van der Waals surface area contributed by atoms with Gasteiger partial charge in [0.15, 0.2) is 0 Å². The largest absolute Gasteiger partial charge is 0.244 e. The van der Waals surface area contributed by atoms with Gasteiger partial charge in [0.2, 0.25) is 10.0 Å². The third-order valence-electron chi connectivity index (χ3n) is 3.69. The molecule has 0 saturated carbocycles. The highest BCUT2D eigenvalue weighted by molar-refractivity contribution is 7.89. The van der Waals surface area contributed by atoms with E-state index in [4.69, 9.17) is 5.26 Å². The predicted octanol–water partition coefficient (Wildman–Crippen LogP) is 2.51. The Kier molecular flexibility index (Phi) is 4.11. The summed E-state index contributed by atoms with van der Waals surface area (Å²) in [6, 6.07) is 5.29. The Balaban J connectivity index is 2.52. The van der Waals surface area contributed by atoms with E-state index in [1.54, 1.807) is 6.07 Å².